The molecule has 2 aromatic carbocycles. The Morgan fingerprint density at radius 3 is 2.57 bits per heavy atom. The number of ether oxygens (including phenoxy) is 2. The predicted molar refractivity (Wildman–Crippen MR) is 83.8 cm³/mol. The molecule has 0 aromatic heterocycles. The molecule has 0 saturated heterocycles. The number of methoxy groups -OCH3 is 2. The molecule has 0 atom stereocenters. The zero-order valence-electron chi connectivity index (χ0n) is 12.0. The lowest BCUT2D eigenvalue weighted by molar-refractivity contribution is 0.104. The monoisotopic (exact) mass is 283 g/mol. The van der Waals surface area contributed by atoms with Gasteiger partial charge in [-0.2, -0.15) is 0 Å². The quantitative estimate of drug-likeness (QED) is 0.520. The highest BCUT2D eigenvalue weighted by Gasteiger charge is 2.05. The number of hydrogen-bond donors (Lipinski definition) is 1. The first-order chi connectivity index (χ1) is 10.1. The first-order valence-electron chi connectivity index (χ1n) is 6.44. The van der Waals surface area contributed by atoms with Crippen molar-refractivity contribution in [3.63, 3.8) is 0 Å². The van der Waals surface area contributed by atoms with Crippen LogP contribution >= 0.6 is 0 Å². The summed E-state index contributed by atoms with van der Waals surface area (Å²) in [5.41, 5.74) is 7.59. The second-order valence-electron chi connectivity index (χ2n) is 4.43. The average Bonchev–Trinajstić information content (AvgIpc) is 2.52. The van der Waals surface area contributed by atoms with Crippen molar-refractivity contribution in [2.75, 3.05) is 20.0 Å². The average molecular weight is 283 g/mol. The van der Waals surface area contributed by atoms with Gasteiger partial charge in [0, 0.05) is 22.9 Å². The SMILES string of the molecule is COc1ccc(C=CC(=O)c2cccc(N)c2)c(OC)c1. The number of carbonyl (C=O) groups excluding carboxylic acids is 1. The van der Waals surface area contributed by atoms with E-state index in [1.54, 1.807) is 50.6 Å². The first-order valence-corrected chi connectivity index (χ1v) is 6.44. The van der Waals surface area contributed by atoms with Crippen LogP contribution < -0.4 is 15.2 Å². The topological polar surface area (TPSA) is 61.5 Å². The highest BCUT2D eigenvalue weighted by atomic mass is 16.5. The molecule has 2 N–H and O–H groups in total. The lowest BCUT2D eigenvalue weighted by Crippen LogP contribution is -1.96. The Labute approximate surface area is 123 Å². The van der Waals surface area contributed by atoms with E-state index in [0.29, 0.717) is 22.7 Å². The van der Waals surface area contributed by atoms with Crippen LogP contribution in [0.3, 0.4) is 0 Å². The minimum Gasteiger partial charge on any atom is -0.497 e. The van der Waals surface area contributed by atoms with E-state index in [2.05, 4.69) is 0 Å². The summed E-state index contributed by atoms with van der Waals surface area (Å²) in [7, 11) is 3.17. The fourth-order valence-corrected chi connectivity index (χ4v) is 1.91. The van der Waals surface area contributed by atoms with Crippen LogP contribution in [0.4, 0.5) is 5.69 Å². The van der Waals surface area contributed by atoms with Gasteiger partial charge in [0.25, 0.3) is 0 Å². The van der Waals surface area contributed by atoms with Crippen molar-refractivity contribution in [2.24, 2.45) is 0 Å². The number of allylic oxidation sites excluding steroid dienone is 1. The van der Waals surface area contributed by atoms with E-state index >= 15 is 0 Å². The molecule has 0 bridgehead atoms. The molecular weight excluding hydrogens is 266 g/mol. The molecule has 4 heteroatoms. The maximum absolute atomic E-state index is 12.1. The van der Waals surface area contributed by atoms with Gasteiger partial charge in [-0.1, -0.05) is 12.1 Å². The molecule has 0 fully saturated rings. The molecule has 2 aromatic rings. The summed E-state index contributed by atoms with van der Waals surface area (Å²) in [4.78, 5) is 12.1. The molecule has 108 valence electrons. The number of hydrogen-bond acceptors (Lipinski definition) is 4. The summed E-state index contributed by atoms with van der Waals surface area (Å²) in [5, 5.41) is 0. The van der Waals surface area contributed by atoms with Crippen LogP contribution in [0.15, 0.2) is 48.5 Å². The van der Waals surface area contributed by atoms with E-state index in [4.69, 9.17) is 15.2 Å². The Kier molecular flexibility index (Phi) is 4.61. The van der Waals surface area contributed by atoms with Gasteiger partial charge in [-0.15, -0.1) is 0 Å². The van der Waals surface area contributed by atoms with Crippen LogP contribution in [0.2, 0.25) is 0 Å². The number of carbonyl (C=O) groups is 1. The zero-order valence-corrected chi connectivity index (χ0v) is 12.0. The van der Waals surface area contributed by atoms with Gasteiger partial charge in [0.05, 0.1) is 14.2 Å². The number of anilines is 1. The zero-order chi connectivity index (χ0) is 15.2. The van der Waals surface area contributed by atoms with Gasteiger partial charge in [0.1, 0.15) is 11.5 Å². The van der Waals surface area contributed by atoms with Crippen molar-refractivity contribution in [3.05, 3.63) is 59.7 Å². The third-order valence-corrected chi connectivity index (χ3v) is 3.03. The number of nitrogens with two attached hydrogens (primary N) is 1. The Hall–Kier alpha value is -2.75. The van der Waals surface area contributed by atoms with E-state index in [1.165, 1.54) is 6.08 Å². The molecule has 0 spiro atoms. The minimum absolute atomic E-state index is 0.111. The molecular formula is C17H17NO3. The Morgan fingerprint density at radius 2 is 1.90 bits per heavy atom. The second kappa shape index (κ2) is 6.61. The summed E-state index contributed by atoms with van der Waals surface area (Å²) >= 11 is 0. The van der Waals surface area contributed by atoms with Crippen LogP contribution in [0, 0.1) is 0 Å². The van der Waals surface area contributed by atoms with Crippen molar-refractivity contribution in [1.29, 1.82) is 0 Å². The first kappa shape index (κ1) is 14.7. The standard InChI is InChI=1S/C17H17NO3/c1-20-15-8-6-12(17(11-15)21-2)7-9-16(19)13-4-3-5-14(18)10-13/h3-11H,18H2,1-2H3. The lowest BCUT2D eigenvalue weighted by atomic mass is 10.1. The maximum atomic E-state index is 12.1. The van der Waals surface area contributed by atoms with Crippen LogP contribution in [0.1, 0.15) is 15.9 Å². The van der Waals surface area contributed by atoms with Crippen molar-refractivity contribution < 1.29 is 14.3 Å². The Morgan fingerprint density at radius 1 is 1.10 bits per heavy atom. The molecule has 0 radical (unpaired) electrons. The van der Waals surface area contributed by atoms with Crippen LogP contribution in [0.5, 0.6) is 11.5 Å². The number of benzene rings is 2. The smallest absolute Gasteiger partial charge is 0.185 e. The molecule has 2 rings (SSSR count). The molecule has 21 heavy (non-hydrogen) atoms. The second-order valence-corrected chi connectivity index (χ2v) is 4.43. The molecule has 0 aliphatic carbocycles. The summed E-state index contributed by atoms with van der Waals surface area (Å²) in [6, 6.07) is 12.3. The highest BCUT2D eigenvalue weighted by molar-refractivity contribution is 6.07. The maximum Gasteiger partial charge on any atom is 0.185 e. The fraction of sp³-hybridized carbons (Fsp3) is 0.118. The largest absolute Gasteiger partial charge is 0.497 e. The molecule has 0 unspecified atom stereocenters. The summed E-state index contributed by atoms with van der Waals surface area (Å²) in [6.07, 6.45) is 3.21. The van der Waals surface area contributed by atoms with Crippen molar-refractivity contribution >= 4 is 17.5 Å². The molecule has 0 amide bonds. The number of ketones is 1. The summed E-state index contributed by atoms with van der Waals surface area (Å²) in [5.74, 6) is 1.23. The van der Waals surface area contributed by atoms with Gasteiger partial charge >= 0.3 is 0 Å². The fourth-order valence-electron chi connectivity index (χ4n) is 1.91. The van der Waals surface area contributed by atoms with Crippen molar-refractivity contribution in [2.45, 2.75) is 0 Å². The predicted octanol–water partition coefficient (Wildman–Crippen LogP) is 3.18. The van der Waals surface area contributed by atoms with E-state index in [9.17, 15) is 4.79 Å². The lowest BCUT2D eigenvalue weighted by Gasteiger charge is -2.07. The molecule has 0 aliphatic heterocycles. The van der Waals surface area contributed by atoms with E-state index in [0.717, 1.165) is 5.56 Å². The Bertz CT molecular complexity index is 677. The third kappa shape index (κ3) is 3.63. The van der Waals surface area contributed by atoms with E-state index in [1.807, 2.05) is 12.1 Å². The summed E-state index contributed by atoms with van der Waals surface area (Å²) < 4.78 is 10.4. The number of rotatable bonds is 5. The van der Waals surface area contributed by atoms with Gasteiger partial charge in [-0.3, -0.25) is 4.79 Å². The highest BCUT2D eigenvalue weighted by Crippen LogP contribution is 2.25. The minimum atomic E-state index is -0.111. The molecule has 0 saturated carbocycles. The van der Waals surface area contributed by atoms with Crippen molar-refractivity contribution in [1.82, 2.24) is 0 Å². The van der Waals surface area contributed by atoms with Gasteiger partial charge in [-0.25, -0.2) is 0 Å². The van der Waals surface area contributed by atoms with E-state index in [-0.39, 0.29) is 5.78 Å². The van der Waals surface area contributed by atoms with Crippen LogP contribution in [0.25, 0.3) is 6.08 Å². The molecule has 0 heterocycles. The third-order valence-electron chi connectivity index (χ3n) is 3.03. The van der Waals surface area contributed by atoms with Crippen molar-refractivity contribution in [3.8, 4) is 11.5 Å². The Balaban J connectivity index is 2.23. The summed E-state index contributed by atoms with van der Waals surface area (Å²) in [6.45, 7) is 0. The van der Waals surface area contributed by atoms with E-state index < -0.39 is 0 Å². The molecule has 4 nitrogen and oxygen atoms in total. The molecule has 0 aliphatic rings. The number of nitrogen functional groups attached to an aromatic ring is 1. The van der Waals surface area contributed by atoms with Crippen LogP contribution in [-0.4, -0.2) is 20.0 Å². The van der Waals surface area contributed by atoms with Gasteiger partial charge in [0.2, 0.25) is 0 Å². The van der Waals surface area contributed by atoms with Gasteiger partial charge in [-0.05, 0) is 36.4 Å². The normalized spacial score (nSPS) is 10.6. The van der Waals surface area contributed by atoms with Gasteiger partial charge in [0.15, 0.2) is 5.78 Å². The van der Waals surface area contributed by atoms with Gasteiger partial charge < -0.3 is 15.2 Å². The van der Waals surface area contributed by atoms with Crippen LogP contribution in [-0.2, 0) is 0 Å².